The summed E-state index contributed by atoms with van der Waals surface area (Å²) in [6, 6.07) is 11.1. The molecule has 0 unspecified atom stereocenters. The summed E-state index contributed by atoms with van der Waals surface area (Å²) in [5.41, 5.74) is 2.75. The number of amides is 2. The van der Waals surface area contributed by atoms with Gasteiger partial charge in [0.05, 0.1) is 0 Å². The van der Waals surface area contributed by atoms with E-state index >= 15 is 0 Å². The number of aryl methyl sites for hydroxylation is 1. The lowest BCUT2D eigenvalue weighted by atomic mass is 10.2. The number of aromatic amines is 1. The molecule has 1 aromatic heterocycles. The molecule has 1 aliphatic heterocycles. The zero-order chi connectivity index (χ0) is 16.2. The van der Waals surface area contributed by atoms with Crippen LogP contribution in [0.5, 0.6) is 0 Å². The number of pyridine rings is 1. The molecule has 6 nitrogen and oxygen atoms in total. The molecule has 2 amide bonds. The number of hydrogen-bond donors (Lipinski definition) is 2. The molecule has 6 heteroatoms. The Balaban J connectivity index is 1.57. The van der Waals surface area contributed by atoms with Gasteiger partial charge in [-0.25, -0.2) is 4.79 Å². The predicted octanol–water partition coefficient (Wildman–Crippen LogP) is 2.04. The second kappa shape index (κ2) is 6.56. The van der Waals surface area contributed by atoms with Gasteiger partial charge in [-0.2, -0.15) is 0 Å². The van der Waals surface area contributed by atoms with Gasteiger partial charge in [0.25, 0.3) is 0 Å². The molecule has 120 valence electrons. The minimum absolute atomic E-state index is 0.0839. The fourth-order valence-corrected chi connectivity index (χ4v) is 2.64. The third kappa shape index (κ3) is 3.71. The quantitative estimate of drug-likeness (QED) is 0.891. The predicted molar refractivity (Wildman–Crippen MR) is 91.0 cm³/mol. The normalized spacial score (nSPS) is 14.7. The second-order valence-electron chi connectivity index (χ2n) is 5.68. The summed E-state index contributed by atoms with van der Waals surface area (Å²) in [6.07, 6.45) is 1.65. The van der Waals surface area contributed by atoms with Crippen molar-refractivity contribution >= 4 is 17.4 Å². The molecule has 2 heterocycles. The molecule has 23 heavy (non-hydrogen) atoms. The highest BCUT2D eigenvalue weighted by molar-refractivity contribution is 5.89. The van der Waals surface area contributed by atoms with Crippen molar-refractivity contribution in [2.75, 3.05) is 36.4 Å². The van der Waals surface area contributed by atoms with Crippen LogP contribution in [0.3, 0.4) is 0 Å². The van der Waals surface area contributed by atoms with Crippen molar-refractivity contribution in [1.29, 1.82) is 0 Å². The lowest BCUT2D eigenvalue weighted by molar-refractivity contribution is 0.208. The molecule has 1 saturated heterocycles. The summed E-state index contributed by atoms with van der Waals surface area (Å²) in [4.78, 5) is 30.2. The highest BCUT2D eigenvalue weighted by atomic mass is 16.2. The topological polar surface area (TPSA) is 68.4 Å². The van der Waals surface area contributed by atoms with E-state index in [1.807, 2.05) is 37.3 Å². The van der Waals surface area contributed by atoms with Crippen molar-refractivity contribution in [2.45, 2.75) is 6.92 Å². The first kappa shape index (κ1) is 15.1. The largest absolute Gasteiger partial charge is 0.368 e. The molecule has 0 atom stereocenters. The molecule has 3 rings (SSSR count). The lowest BCUT2D eigenvalue weighted by Crippen LogP contribution is -2.50. The SMILES string of the molecule is Cc1ccc(NC(=O)N2CCN(c3cc[nH]c(=O)c3)CC2)cc1. The Morgan fingerprint density at radius 1 is 1.09 bits per heavy atom. The third-order valence-corrected chi connectivity index (χ3v) is 3.99. The van der Waals surface area contributed by atoms with E-state index in [4.69, 9.17) is 0 Å². The number of rotatable bonds is 2. The van der Waals surface area contributed by atoms with Gasteiger partial charge >= 0.3 is 6.03 Å². The molecule has 2 aromatic rings. The first-order valence-electron chi connectivity index (χ1n) is 7.68. The Hall–Kier alpha value is -2.76. The van der Waals surface area contributed by atoms with E-state index in [1.165, 1.54) is 0 Å². The summed E-state index contributed by atoms with van der Waals surface area (Å²) in [6.45, 7) is 4.70. The van der Waals surface area contributed by atoms with Crippen LogP contribution >= 0.6 is 0 Å². The zero-order valence-corrected chi connectivity index (χ0v) is 13.1. The fourth-order valence-electron chi connectivity index (χ4n) is 2.64. The van der Waals surface area contributed by atoms with Gasteiger partial charge < -0.3 is 20.1 Å². The van der Waals surface area contributed by atoms with E-state index < -0.39 is 0 Å². The molecule has 0 bridgehead atoms. The summed E-state index contributed by atoms with van der Waals surface area (Å²) < 4.78 is 0. The molecule has 1 aromatic carbocycles. The summed E-state index contributed by atoms with van der Waals surface area (Å²) in [5, 5.41) is 2.92. The maximum Gasteiger partial charge on any atom is 0.321 e. The number of nitrogens with zero attached hydrogens (tertiary/aromatic N) is 2. The minimum Gasteiger partial charge on any atom is -0.368 e. The fraction of sp³-hybridized carbons (Fsp3) is 0.294. The number of hydrogen-bond acceptors (Lipinski definition) is 3. The van der Waals surface area contributed by atoms with Crippen LogP contribution in [0.25, 0.3) is 0 Å². The first-order valence-corrected chi connectivity index (χ1v) is 7.68. The molecule has 0 radical (unpaired) electrons. The molecule has 2 N–H and O–H groups in total. The van der Waals surface area contributed by atoms with Crippen LogP contribution in [0.2, 0.25) is 0 Å². The van der Waals surface area contributed by atoms with Crippen molar-refractivity contribution in [3.63, 3.8) is 0 Å². The molecule has 1 fully saturated rings. The third-order valence-electron chi connectivity index (χ3n) is 3.99. The van der Waals surface area contributed by atoms with E-state index in [0.717, 1.165) is 16.9 Å². The van der Waals surface area contributed by atoms with Gasteiger partial charge in [-0.3, -0.25) is 4.79 Å². The number of benzene rings is 1. The van der Waals surface area contributed by atoms with E-state index in [1.54, 1.807) is 17.2 Å². The summed E-state index contributed by atoms with van der Waals surface area (Å²) >= 11 is 0. The van der Waals surface area contributed by atoms with Crippen molar-refractivity contribution < 1.29 is 4.79 Å². The molecular weight excluding hydrogens is 292 g/mol. The van der Waals surface area contributed by atoms with Gasteiger partial charge in [-0.05, 0) is 25.1 Å². The highest BCUT2D eigenvalue weighted by Crippen LogP contribution is 2.15. The summed E-state index contributed by atoms with van der Waals surface area (Å²) in [5.74, 6) is 0. The minimum atomic E-state index is -0.109. The van der Waals surface area contributed by atoms with Crippen LogP contribution in [-0.2, 0) is 0 Å². The Labute approximate surface area is 134 Å². The van der Waals surface area contributed by atoms with Crippen LogP contribution < -0.4 is 15.8 Å². The van der Waals surface area contributed by atoms with Crippen molar-refractivity contribution in [1.82, 2.24) is 9.88 Å². The van der Waals surface area contributed by atoms with E-state index in [-0.39, 0.29) is 11.6 Å². The highest BCUT2D eigenvalue weighted by Gasteiger charge is 2.21. The van der Waals surface area contributed by atoms with Gasteiger partial charge in [-0.1, -0.05) is 17.7 Å². The van der Waals surface area contributed by atoms with Crippen molar-refractivity contribution in [2.24, 2.45) is 0 Å². The summed E-state index contributed by atoms with van der Waals surface area (Å²) in [7, 11) is 0. The Morgan fingerprint density at radius 3 is 2.43 bits per heavy atom. The van der Waals surface area contributed by atoms with Crippen LogP contribution in [0.1, 0.15) is 5.56 Å². The van der Waals surface area contributed by atoms with Crippen LogP contribution in [0.15, 0.2) is 47.4 Å². The Morgan fingerprint density at radius 2 is 1.78 bits per heavy atom. The average molecular weight is 312 g/mol. The second-order valence-corrected chi connectivity index (χ2v) is 5.68. The van der Waals surface area contributed by atoms with Crippen molar-refractivity contribution in [3.8, 4) is 0 Å². The lowest BCUT2D eigenvalue weighted by Gasteiger charge is -2.35. The number of anilines is 2. The number of H-pyrrole nitrogens is 1. The molecule has 0 saturated carbocycles. The van der Waals surface area contributed by atoms with E-state index in [0.29, 0.717) is 26.2 Å². The van der Waals surface area contributed by atoms with Gasteiger partial charge in [0.15, 0.2) is 0 Å². The van der Waals surface area contributed by atoms with Gasteiger partial charge in [-0.15, -0.1) is 0 Å². The number of urea groups is 1. The van der Waals surface area contributed by atoms with E-state index in [2.05, 4.69) is 15.2 Å². The molecule has 0 spiro atoms. The maximum absolute atomic E-state index is 12.3. The average Bonchev–Trinajstić information content (AvgIpc) is 2.57. The van der Waals surface area contributed by atoms with Crippen molar-refractivity contribution in [3.05, 3.63) is 58.5 Å². The maximum atomic E-state index is 12.3. The van der Waals surface area contributed by atoms with Crippen LogP contribution in [0, 0.1) is 6.92 Å². The Kier molecular flexibility index (Phi) is 4.32. The van der Waals surface area contributed by atoms with Gasteiger partial charge in [0, 0.05) is 49.8 Å². The van der Waals surface area contributed by atoms with Gasteiger partial charge in [0.2, 0.25) is 5.56 Å². The monoisotopic (exact) mass is 312 g/mol. The van der Waals surface area contributed by atoms with Crippen LogP contribution in [-0.4, -0.2) is 42.1 Å². The number of carbonyl (C=O) groups excluding carboxylic acids is 1. The Bertz CT molecular complexity index is 731. The standard InChI is InChI=1S/C17H20N4O2/c1-13-2-4-14(5-3-13)19-17(23)21-10-8-20(9-11-21)15-6-7-18-16(22)12-15/h2-7,12H,8-11H2,1H3,(H,18,22)(H,19,23). The first-order chi connectivity index (χ1) is 11.1. The van der Waals surface area contributed by atoms with Crippen LogP contribution in [0.4, 0.5) is 16.2 Å². The number of carbonyl (C=O) groups is 1. The van der Waals surface area contributed by atoms with E-state index in [9.17, 15) is 9.59 Å². The van der Waals surface area contributed by atoms with Gasteiger partial charge in [0.1, 0.15) is 0 Å². The number of aromatic nitrogens is 1. The molecule has 1 aliphatic rings. The number of nitrogens with one attached hydrogen (secondary N) is 2. The molecular formula is C17H20N4O2. The molecule has 0 aliphatic carbocycles. The zero-order valence-electron chi connectivity index (χ0n) is 13.1. The smallest absolute Gasteiger partial charge is 0.321 e. The number of piperazine rings is 1.